The predicted molar refractivity (Wildman–Crippen MR) is 64.4 cm³/mol. The smallest absolute Gasteiger partial charge is 0.305 e. The van der Waals surface area contributed by atoms with Crippen LogP contribution in [0.5, 0.6) is 0 Å². The lowest BCUT2D eigenvalue weighted by Crippen LogP contribution is -2.10. The van der Waals surface area contributed by atoms with Crippen molar-refractivity contribution in [3.63, 3.8) is 0 Å². The summed E-state index contributed by atoms with van der Waals surface area (Å²) in [6.45, 7) is 0.309. The largest absolute Gasteiger partial charge is 0.481 e. The third-order valence-electron chi connectivity index (χ3n) is 2.37. The summed E-state index contributed by atoms with van der Waals surface area (Å²) in [6, 6.07) is 1.65. The summed E-state index contributed by atoms with van der Waals surface area (Å²) >= 11 is 1.34. The van der Waals surface area contributed by atoms with Gasteiger partial charge in [-0.05, 0) is 12.3 Å². The molecular weight excluding hydrogens is 242 g/mol. The molecule has 0 amide bonds. The number of aromatic amines is 1. The number of nitrogens with one attached hydrogen (secondary N) is 1. The molecule has 0 saturated heterocycles. The molecule has 0 bridgehead atoms. The number of H-pyrrole nitrogens is 1. The molecule has 2 rings (SSSR count). The van der Waals surface area contributed by atoms with Crippen molar-refractivity contribution < 1.29 is 9.90 Å². The Bertz CT molecular complexity index is 617. The van der Waals surface area contributed by atoms with Gasteiger partial charge < -0.3 is 14.7 Å². The quantitative estimate of drug-likeness (QED) is 0.625. The molecule has 0 fully saturated rings. The van der Waals surface area contributed by atoms with E-state index in [-0.39, 0.29) is 12.0 Å². The van der Waals surface area contributed by atoms with E-state index in [4.69, 9.17) is 5.11 Å². The number of hydrogen-bond acceptors (Lipinski definition) is 4. The summed E-state index contributed by atoms with van der Waals surface area (Å²) in [5, 5.41) is 9.64. The lowest BCUT2D eigenvalue weighted by molar-refractivity contribution is -0.137. The summed E-state index contributed by atoms with van der Waals surface area (Å²) in [5.41, 5.74) is 0.327. The number of aliphatic carboxylic acids is 1. The molecule has 0 unspecified atom stereocenters. The second-order valence-corrected chi connectivity index (χ2v) is 4.26. The number of rotatable bonds is 4. The van der Waals surface area contributed by atoms with Gasteiger partial charge in [0.15, 0.2) is 5.16 Å². The zero-order chi connectivity index (χ0) is 12.4. The Morgan fingerprint density at radius 1 is 1.65 bits per heavy atom. The molecule has 7 heteroatoms. The van der Waals surface area contributed by atoms with Crippen LogP contribution in [0.3, 0.4) is 0 Å². The molecule has 0 aliphatic heterocycles. The molecule has 0 radical (unpaired) electrons. The van der Waals surface area contributed by atoms with Gasteiger partial charge in [0.25, 0.3) is 5.56 Å². The van der Waals surface area contributed by atoms with E-state index in [0.717, 1.165) is 0 Å². The van der Waals surface area contributed by atoms with E-state index in [1.54, 1.807) is 16.8 Å². The standard InChI is InChI=1S/C10H11N3O3S/c1-17-10-11-8-6(9(16)12-10)2-4-13(8)5-3-7(14)15/h2,4H,3,5H2,1H3,(H,14,15)(H,11,12,16). The van der Waals surface area contributed by atoms with Crippen molar-refractivity contribution in [2.75, 3.05) is 6.26 Å². The maximum atomic E-state index is 11.7. The zero-order valence-electron chi connectivity index (χ0n) is 9.14. The highest BCUT2D eigenvalue weighted by atomic mass is 32.2. The highest BCUT2D eigenvalue weighted by Gasteiger charge is 2.09. The molecular formula is C10H11N3O3S. The van der Waals surface area contributed by atoms with Gasteiger partial charge in [-0.2, -0.15) is 0 Å². The van der Waals surface area contributed by atoms with E-state index in [2.05, 4.69) is 9.97 Å². The molecule has 0 aromatic carbocycles. The minimum absolute atomic E-state index is 0.00681. The van der Waals surface area contributed by atoms with Crippen LogP contribution >= 0.6 is 11.8 Å². The first kappa shape index (κ1) is 11.7. The average molecular weight is 253 g/mol. The third kappa shape index (κ3) is 2.33. The van der Waals surface area contributed by atoms with Crippen molar-refractivity contribution in [1.29, 1.82) is 0 Å². The molecule has 2 heterocycles. The number of carboxylic acid groups (broad SMARTS) is 1. The van der Waals surface area contributed by atoms with E-state index >= 15 is 0 Å². The number of carbonyl (C=O) groups is 1. The summed E-state index contributed by atoms with van der Waals surface area (Å²) in [6.07, 6.45) is 3.50. The van der Waals surface area contributed by atoms with Gasteiger partial charge in [-0.15, -0.1) is 0 Å². The first-order valence-electron chi connectivity index (χ1n) is 4.97. The summed E-state index contributed by atoms with van der Waals surface area (Å²) < 4.78 is 1.68. The fraction of sp³-hybridized carbons (Fsp3) is 0.300. The van der Waals surface area contributed by atoms with Crippen LogP contribution in [0, 0.1) is 0 Å². The number of aryl methyl sites for hydroxylation is 1. The van der Waals surface area contributed by atoms with E-state index in [1.807, 2.05) is 6.26 Å². The maximum absolute atomic E-state index is 11.7. The highest BCUT2D eigenvalue weighted by molar-refractivity contribution is 7.98. The number of fused-ring (bicyclic) bond motifs is 1. The topological polar surface area (TPSA) is 88.0 Å². The normalized spacial score (nSPS) is 10.9. The molecule has 90 valence electrons. The lowest BCUT2D eigenvalue weighted by Gasteiger charge is -2.02. The number of thioether (sulfide) groups is 1. The SMILES string of the molecule is CSc1nc2c(ccn2CCC(=O)O)c(=O)[nH]1. The van der Waals surface area contributed by atoms with Gasteiger partial charge >= 0.3 is 5.97 Å². The maximum Gasteiger partial charge on any atom is 0.305 e. The first-order chi connectivity index (χ1) is 8.11. The van der Waals surface area contributed by atoms with Crippen LogP contribution in [0.15, 0.2) is 22.2 Å². The van der Waals surface area contributed by atoms with E-state index in [9.17, 15) is 9.59 Å². The van der Waals surface area contributed by atoms with Crippen LogP contribution in [0.25, 0.3) is 11.0 Å². The van der Waals surface area contributed by atoms with Gasteiger partial charge in [-0.25, -0.2) is 4.98 Å². The van der Waals surface area contributed by atoms with Crippen molar-refractivity contribution in [3.05, 3.63) is 22.6 Å². The number of carboxylic acids is 1. The Kier molecular flexibility index (Phi) is 3.19. The van der Waals surface area contributed by atoms with Crippen LogP contribution in [-0.2, 0) is 11.3 Å². The Hall–Kier alpha value is -1.76. The predicted octanol–water partition coefficient (Wildman–Crippen LogP) is 0.921. The zero-order valence-corrected chi connectivity index (χ0v) is 9.95. The van der Waals surface area contributed by atoms with Crippen LogP contribution in [0.1, 0.15) is 6.42 Å². The van der Waals surface area contributed by atoms with Crippen LogP contribution in [0.4, 0.5) is 0 Å². The van der Waals surface area contributed by atoms with E-state index in [1.165, 1.54) is 11.8 Å². The van der Waals surface area contributed by atoms with Gasteiger partial charge in [-0.3, -0.25) is 9.59 Å². The fourth-order valence-corrected chi connectivity index (χ4v) is 1.92. The summed E-state index contributed by atoms with van der Waals surface area (Å²) in [4.78, 5) is 29.1. The molecule has 0 spiro atoms. The van der Waals surface area contributed by atoms with Crippen molar-refractivity contribution in [3.8, 4) is 0 Å². The van der Waals surface area contributed by atoms with E-state index < -0.39 is 5.97 Å². The lowest BCUT2D eigenvalue weighted by atomic mass is 10.4. The fourth-order valence-electron chi connectivity index (χ4n) is 1.55. The second-order valence-electron chi connectivity index (χ2n) is 3.47. The van der Waals surface area contributed by atoms with Crippen LogP contribution in [-0.4, -0.2) is 31.9 Å². The molecule has 17 heavy (non-hydrogen) atoms. The van der Waals surface area contributed by atoms with Crippen molar-refractivity contribution in [2.24, 2.45) is 0 Å². The Morgan fingerprint density at radius 2 is 2.41 bits per heavy atom. The molecule has 0 atom stereocenters. The minimum atomic E-state index is -0.873. The summed E-state index contributed by atoms with van der Waals surface area (Å²) in [7, 11) is 0. The highest BCUT2D eigenvalue weighted by Crippen LogP contribution is 2.13. The molecule has 2 aromatic heterocycles. The minimum Gasteiger partial charge on any atom is -0.481 e. The third-order valence-corrected chi connectivity index (χ3v) is 2.95. The van der Waals surface area contributed by atoms with Gasteiger partial charge in [0.2, 0.25) is 0 Å². The first-order valence-corrected chi connectivity index (χ1v) is 6.19. The van der Waals surface area contributed by atoms with Gasteiger partial charge in [0.1, 0.15) is 5.65 Å². The Morgan fingerprint density at radius 3 is 3.06 bits per heavy atom. The summed E-state index contributed by atoms with van der Waals surface area (Å²) in [5.74, 6) is -0.873. The Balaban J connectivity index is 2.47. The number of nitrogens with zero attached hydrogens (tertiary/aromatic N) is 2. The molecule has 0 aliphatic carbocycles. The molecule has 0 saturated carbocycles. The van der Waals surface area contributed by atoms with Gasteiger partial charge in [-0.1, -0.05) is 11.8 Å². The molecule has 2 N–H and O–H groups in total. The molecule has 2 aromatic rings. The van der Waals surface area contributed by atoms with Gasteiger partial charge in [0, 0.05) is 12.7 Å². The van der Waals surface area contributed by atoms with Crippen molar-refractivity contribution in [2.45, 2.75) is 18.1 Å². The van der Waals surface area contributed by atoms with E-state index in [0.29, 0.717) is 22.7 Å². The number of aromatic nitrogens is 3. The average Bonchev–Trinajstić information content (AvgIpc) is 2.69. The Labute approximate surface area is 101 Å². The van der Waals surface area contributed by atoms with Gasteiger partial charge in [0.05, 0.1) is 11.8 Å². The van der Waals surface area contributed by atoms with Crippen molar-refractivity contribution >= 4 is 28.8 Å². The van der Waals surface area contributed by atoms with Crippen molar-refractivity contribution in [1.82, 2.24) is 14.5 Å². The van der Waals surface area contributed by atoms with Crippen LogP contribution < -0.4 is 5.56 Å². The molecule has 6 nitrogen and oxygen atoms in total. The van der Waals surface area contributed by atoms with Crippen LogP contribution in [0.2, 0.25) is 0 Å². The second kappa shape index (κ2) is 4.62. The number of hydrogen-bond donors (Lipinski definition) is 2. The monoisotopic (exact) mass is 253 g/mol. The molecule has 0 aliphatic rings.